The van der Waals surface area contributed by atoms with Crippen LogP contribution in [0.4, 0.5) is 0 Å². The van der Waals surface area contributed by atoms with Gasteiger partial charge in [-0.2, -0.15) is 0 Å². The number of benzene rings is 1. The topological polar surface area (TPSA) is 35.1 Å². The van der Waals surface area contributed by atoms with Crippen LogP contribution in [0.15, 0.2) is 40.9 Å². The Hall–Kier alpha value is -2.00. The van der Waals surface area contributed by atoms with Gasteiger partial charge in [-0.05, 0) is 24.3 Å². The number of halogens is 1. The first-order valence-electron chi connectivity index (χ1n) is 6.48. The number of ketones is 1. The SMILES string of the molecule is CCc1ccc(C(=O)c2cn(C)c3cc(Cl)ccc23)o1. The van der Waals surface area contributed by atoms with Crippen molar-refractivity contribution in [1.82, 2.24) is 4.57 Å². The summed E-state index contributed by atoms with van der Waals surface area (Å²) in [6, 6.07) is 9.09. The number of hydrogen-bond donors (Lipinski definition) is 0. The summed E-state index contributed by atoms with van der Waals surface area (Å²) in [5.41, 5.74) is 1.57. The Kier molecular flexibility index (Phi) is 3.14. The highest BCUT2D eigenvalue weighted by atomic mass is 35.5. The third kappa shape index (κ3) is 2.04. The lowest BCUT2D eigenvalue weighted by Crippen LogP contribution is -1.98. The molecule has 0 aliphatic heterocycles. The highest BCUT2D eigenvalue weighted by Gasteiger charge is 2.18. The van der Waals surface area contributed by atoms with Crippen molar-refractivity contribution < 1.29 is 9.21 Å². The van der Waals surface area contributed by atoms with E-state index in [0.717, 1.165) is 23.1 Å². The molecule has 4 heteroatoms. The molecule has 0 N–H and O–H groups in total. The van der Waals surface area contributed by atoms with Crippen LogP contribution in [0.2, 0.25) is 5.02 Å². The van der Waals surface area contributed by atoms with Crippen molar-refractivity contribution in [3.63, 3.8) is 0 Å². The Labute approximate surface area is 121 Å². The predicted octanol–water partition coefficient (Wildman–Crippen LogP) is 4.22. The Morgan fingerprint density at radius 2 is 2.10 bits per heavy atom. The van der Waals surface area contributed by atoms with Gasteiger partial charge in [-0.1, -0.05) is 24.6 Å². The van der Waals surface area contributed by atoms with Gasteiger partial charge in [0.2, 0.25) is 5.78 Å². The van der Waals surface area contributed by atoms with Crippen molar-refractivity contribution >= 4 is 28.3 Å². The Morgan fingerprint density at radius 1 is 1.30 bits per heavy atom. The smallest absolute Gasteiger partial charge is 0.230 e. The largest absolute Gasteiger partial charge is 0.458 e. The zero-order chi connectivity index (χ0) is 14.3. The number of nitrogens with zero attached hydrogens (tertiary/aromatic N) is 1. The third-order valence-electron chi connectivity index (χ3n) is 3.43. The highest BCUT2D eigenvalue weighted by Crippen LogP contribution is 2.26. The van der Waals surface area contributed by atoms with Crippen molar-refractivity contribution in [1.29, 1.82) is 0 Å². The molecule has 0 atom stereocenters. The molecular formula is C16H14ClNO2. The summed E-state index contributed by atoms with van der Waals surface area (Å²) < 4.78 is 7.45. The van der Waals surface area contributed by atoms with Gasteiger partial charge >= 0.3 is 0 Å². The van der Waals surface area contributed by atoms with Crippen molar-refractivity contribution in [3.8, 4) is 0 Å². The second-order valence-electron chi connectivity index (χ2n) is 4.76. The summed E-state index contributed by atoms with van der Waals surface area (Å²) in [5, 5.41) is 1.54. The zero-order valence-corrected chi connectivity index (χ0v) is 12.1. The number of fused-ring (bicyclic) bond motifs is 1. The van der Waals surface area contributed by atoms with Crippen molar-refractivity contribution in [2.24, 2.45) is 7.05 Å². The van der Waals surface area contributed by atoms with Crippen LogP contribution in [-0.2, 0) is 13.5 Å². The van der Waals surface area contributed by atoms with Gasteiger partial charge in [-0.25, -0.2) is 0 Å². The molecule has 0 unspecified atom stereocenters. The second-order valence-corrected chi connectivity index (χ2v) is 5.20. The molecule has 0 fully saturated rings. The molecule has 102 valence electrons. The molecule has 0 amide bonds. The molecular weight excluding hydrogens is 274 g/mol. The normalized spacial score (nSPS) is 11.2. The molecule has 0 spiro atoms. The van der Waals surface area contributed by atoms with E-state index in [4.69, 9.17) is 16.0 Å². The molecule has 2 heterocycles. The standard InChI is InChI=1S/C16H14ClNO2/c1-3-11-5-7-15(20-11)16(19)13-9-18(2)14-8-10(17)4-6-12(13)14/h4-9H,3H2,1-2H3. The van der Waals surface area contributed by atoms with Crippen LogP contribution in [0.3, 0.4) is 0 Å². The second kappa shape index (κ2) is 4.84. The molecule has 0 saturated heterocycles. The summed E-state index contributed by atoms with van der Waals surface area (Å²) in [4.78, 5) is 12.5. The van der Waals surface area contributed by atoms with Crippen LogP contribution in [-0.4, -0.2) is 10.4 Å². The number of rotatable bonds is 3. The molecule has 0 radical (unpaired) electrons. The lowest BCUT2D eigenvalue weighted by molar-refractivity contribution is 0.101. The summed E-state index contributed by atoms with van der Waals surface area (Å²) in [5.74, 6) is 1.10. The fourth-order valence-electron chi connectivity index (χ4n) is 2.36. The van der Waals surface area contributed by atoms with Gasteiger partial charge in [0.05, 0.1) is 5.56 Å². The van der Waals surface area contributed by atoms with Crippen molar-refractivity contribution in [2.75, 3.05) is 0 Å². The zero-order valence-electron chi connectivity index (χ0n) is 11.3. The quantitative estimate of drug-likeness (QED) is 0.676. The maximum Gasteiger partial charge on any atom is 0.230 e. The molecule has 1 aromatic carbocycles. The molecule has 3 nitrogen and oxygen atoms in total. The lowest BCUT2D eigenvalue weighted by Gasteiger charge is -1.97. The average molecular weight is 288 g/mol. The molecule has 2 aromatic heterocycles. The minimum absolute atomic E-state index is 0.0994. The van der Waals surface area contributed by atoms with Gasteiger partial charge in [0.25, 0.3) is 0 Å². The third-order valence-corrected chi connectivity index (χ3v) is 3.67. The van der Waals surface area contributed by atoms with Gasteiger partial charge in [-0.3, -0.25) is 4.79 Å². The minimum atomic E-state index is -0.0994. The van der Waals surface area contributed by atoms with E-state index in [1.54, 1.807) is 12.1 Å². The maximum absolute atomic E-state index is 12.5. The van der Waals surface area contributed by atoms with Crippen LogP contribution in [0.25, 0.3) is 10.9 Å². The van der Waals surface area contributed by atoms with E-state index in [-0.39, 0.29) is 5.78 Å². The number of aryl methyl sites for hydroxylation is 2. The van der Waals surface area contributed by atoms with Gasteiger partial charge in [0.1, 0.15) is 5.76 Å². The van der Waals surface area contributed by atoms with Crippen LogP contribution in [0, 0.1) is 0 Å². The number of furan rings is 1. The monoisotopic (exact) mass is 287 g/mol. The number of carbonyl (C=O) groups excluding carboxylic acids is 1. The summed E-state index contributed by atoms with van der Waals surface area (Å²) in [6.45, 7) is 1.99. The van der Waals surface area contributed by atoms with E-state index in [0.29, 0.717) is 16.3 Å². The number of aromatic nitrogens is 1. The van der Waals surface area contributed by atoms with E-state index in [9.17, 15) is 4.79 Å². The maximum atomic E-state index is 12.5. The van der Waals surface area contributed by atoms with Gasteiger partial charge in [0.15, 0.2) is 5.76 Å². The first kappa shape index (κ1) is 13.0. The van der Waals surface area contributed by atoms with Gasteiger partial charge in [0, 0.05) is 35.6 Å². The Morgan fingerprint density at radius 3 is 2.80 bits per heavy atom. The van der Waals surface area contributed by atoms with Crippen LogP contribution < -0.4 is 0 Å². The fourth-order valence-corrected chi connectivity index (χ4v) is 2.53. The van der Waals surface area contributed by atoms with Crippen LogP contribution in [0.1, 0.15) is 28.8 Å². The first-order valence-corrected chi connectivity index (χ1v) is 6.86. The number of hydrogen-bond acceptors (Lipinski definition) is 2. The Bertz CT molecular complexity index is 798. The predicted molar refractivity (Wildman–Crippen MR) is 79.4 cm³/mol. The average Bonchev–Trinajstić information content (AvgIpc) is 3.03. The van der Waals surface area contributed by atoms with E-state index in [1.807, 2.05) is 42.9 Å². The molecule has 3 aromatic rings. The summed E-state index contributed by atoms with van der Waals surface area (Å²) in [7, 11) is 1.90. The van der Waals surface area contributed by atoms with Crippen molar-refractivity contribution in [2.45, 2.75) is 13.3 Å². The Balaban J connectivity index is 2.12. The first-order chi connectivity index (χ1) is 9.60. The minimum Gasteiger partial charge on any atom is -0.458 e. The molecule has 0 aliphatic rings. The molecule has 20 heavy (non-hydrogen) atoms. The molecule has 0 bridgehead atoms. The van der Waals surface area contributed by atoms with Gasteiger partial charge in [-0.15, -0.1) is 0 Å². The molecule has 0 saturated carbocycles. The van der Waals surface area contributed by atoms with Crippen molar-refractivity contribution in [3.05, 3.63) is 58.6 Å². The van der Waals surface area contributed by atoms with E-state index in [1.165, 1.54) is 0 Å². The number of carbonyl (C=O) groups is 1. The van der Waals surface area contributed by atoms with E-state index in [2.05, 4.69) is 0 Å². The molecule has 3 rings (SSSR count). The van der Waals surface area contributed by atoms with E-state index < -0.39 is 0 Å². The molecule has 0 aliphatic carbocycles. The summed E-state index contributed by atoms with van der Waals surface area (Å²) >= 11 is 6.00. The summed E-state index contributed by atoms with van der Waals surface area (Å²) in [6.07, 6.45) is 2.59. The highest BCUT2D eigenvalue weighted by molar-refractivity contribution is 6.31. The van der Waals surface area contributed by atoms with E-state index >= 15 is 0 Å². The van der Waals surface area contributed by atoms with Gasteiger partial charge < -0.3 is 8.98 Å². The fraction of sp³-hybridized carbons (Fsp3) is 0.188. The van der Waals surface area contributed by atoms with Crippen LogP contribution in [0.5, 0.6) is 0 Å². The van der Waals surface area contributed by atoms with Crippen LogP contribution >= 0.6 is 11.6 Å². The lowest BCUT2D eigenvalue weighted by atomic mass is 10.1.